The molecule has 1 aromatic carbocycles. The number of hydrogen-bond donors (Lipinski definition) is 1. The molecule has 14 heavy (non-hydrogen) atoms. The maximum absolute atomic E-state index is 13.1. The molecule has 3 heteroatoms. The summed E-state index contributed by atoms with van der Waals surface area (Å²) in [5.74, 6) is 0.167. The van der Waals surface area contributed by atoms with E-state index in [0.29, 0.717) is 5.92 Å². The highest BCUT2D eigenvalue weighted by molar-refractivity contribution is 5.31. The number of hydrogen-bond acceptors (Lipinski definition) is 2. The first kappa shape index (κ1) is 11.0. The molecule has 0 atom stereocenters. The smallest absolute Gasteiger partial charge is 0.165 e. The Labute approximate surface area is 83.3 Å². The molecule has 1 rings (SSSR count). The fourth-order valence-corrected chi connectivity index (χ4v) is 1.15. The van der Waals surface area contributed by atoms with Crippen LogP contribution in [0.25, 0.3) is 0 Å². The summed E-state index contributed by atoms with van der Waals surface area (Å²) in [5.41, 5.74) is 1.03. The topological polar surface area (TPSA) is 29.5 Å². The van der Waals surface area contributed by atoms with E-state index in [1.807, 2.05) is 13.8 Å². The average Bonchev–Trinajstić information content (AvgIpc) is 2.16. The van der Waals surface area contributed by atoms with Gasteiger partial charge >= 0.3 is 0 Å². The van der Waals surface area contributed by atoms with Crippen LogP contribution < -0.4 is 4.74 Å². The minimum absolute atomic E-state index is 0.106. The zero-order chi connectivity index (χ0) is 10.6. The van der Waals surface area contributed by atoms with E-state index in [1.165, 1.54) is 6.07 Å². The van der Waals surface area contributed by atoms with Gasteiger partial charge in [-0.25, -0.2) is 4.39 Å². The van der Waals surface area contributed by atoms with Gasteiger partial charge in [0.1, 0.15) is 6.61 Å². The molecule has 1 N–H and O–H groups in total. The van der Waals surface area contributed by atoms with Gasteiger partial charge in [0.05, 0.1) is 6.61 Å². The second-order valence-corrected chi connectivity index (χ2v) is 3.42. The Hall–Kier alpha value is -1.09. The summed E-state index contributed by atoms with van der Waals surface area (Å²) in [6, 6.07) is 4.81. The molecule has 0 heterocycles. The third-order valence-corrected chi connectivity index (χ3v) is 1.97. The Balaban J connectivity index is 2.85. The van der Waals surface area contributed by atoms with Crippen LogP contribution in [0.15, 0.2) is 18.2 Å². The van der Waals surface area contributed by atoms with E-state index in [2.05, 4.69) is 0 Å². The molecule has 0 amide bonds. The highest BCUT2D eigenvalue weighted by Crippen LogP contribution is 2.23. The van der Waals surface area contributed by atoms with E-state index in [9.17, 15) is 4.39 Å². The average molecular weight is 198 g/mol. The van der Waals surface area contributed by atoms with Crippen LogP contribution in [0.2, 0.25) is 0 Å². The molecular formula is C11H15FO2. The molecule has 0 aliphatic carbocycles. The fraction of sp³-hybridized carbons (Fsp3) is 0.455. The Morgan fingerprint density at radius 2 is 2.14 bits per heavy atom. The molecule has 0 unspecified atom stereocenters. The van der Waals surface area contributed by atoms with Crippen molar-refractivity contribution in [3.63, 3.8) is 0 Å². The van der Waals surface area contributed by atoms with Gasteiger partial charge < -0.3 is 9.84 Å². The Kier molecular flexibility index (Phi) is 3.89. The third kappa shape index (κ3) is 2.70. The van der Waals surface area contributed by atoms with Crippen LogP contribution >= 0.6 is 0 Å². The standard InChI is InChI=1S/C11H15FO2/c1-8(2)9-3-4-10(12)11(7-9)14-6-5-13/h3-4,7-8,13H,5-6H2,1-2H3. The molecule has 0 saturated carbocycles. The summed E-state index contributed by atoms with van der Waals surface area (Å²) in [5, 5.41) is 8.55. The van der Waals surface area contributed by atoms with Crippen molar-refractivity contribution in [1.29, 1.82) is 0 Å². The SMILES string of the molecule is CC(C)c1ccc(F)c(OCCO)c1. The maximum atomic E-state index is 13.1. The summed E-state index contributed by atoms with van der Waals surface area (Å²) in [6.45, 7) is 4.08. The number of ether oxygens (including phenoxy) is 1. The van der Waals surface area contributed by atoms with Crippen LogP contribution in [0.3, 0.4) is 0 Å². The van der Waals surface area contributed by atoms with Crippen molar-refractivity contribution in [3.8, 4) is 5.75 Å². The van der Waals surface area contributed by atoms with Crippen molar-refractivity contribution >= 4 is 0 Å². The van der Waals surface area contributed by atoms with E-state index < -0.39 is 0 Å². The summed E-state index contributed by atoms with van der Waals surface area (Å²) < 4.78 is 18.2. The highest BCUT2D eigenvalue weighted by atomic mass is 19.1. The minimum Gasteiger partial charge on any atom is -0.488 e. The molecule has 0 aliphatic rings. The summed E-state index contributed by atoms with van der Waals surface area (Å²) >= 11 is 0. The van der Waals surface area contributed by atoms with Gasteiger partial charge in [0, 0.05) is 0 Å². The summed E-state index contributed by atoms with van der Waals surface area (Å²) in [7, 11) is 0. The molecule has 2 nitrogen and oxygen atoms in total. The Bertz CT molecular complexity index is 297. The number of aliphatic hydroxyl groups is 1. The van der Waals surface area contributed by atoms with Crippen LogP contribution in [0.5, 0.6) is 5.75 Å². The van der Waals surface area contributed by atoms with Gasteiger partial charge in [0.15, 0.2) is 11.6 Å². The zero-order valence-corrected chi connectivity index (χ0v) is 8.46. The monoisotopic (exact) mass is 198 g/mol. The lowest BCUT2D eigenvalue weighted by molar-refractivity contribution is 0.196. The predicted molar refractivity (Wildman–Crippen MR) is 53.1 cm³/mol. The lowest BCUT2D eigenvalue weighted by Crippen LogP contribution is -2.03. The van der Waals surface area contributed by atoms with Crippen LogP contribution in [-0.2, 0) is 0 Å². The van der Waals surface area contributed by atoms with Crippen LogP contribution in [0.1, 0.15) is 25.3 Å². The van der Waals surface area contributed by atoms with Gasteiger partial charge in [-0.05, 0) is 23.6 Å². The summed E-state index contributed by atoms with van der Waals surface area (Å²) in [4.78, 5) is 0. The van der Waals surface area contributed by atoms with Gasteiger partial charge in [-0.3, -0.25) is 0 Å². The first-order valence-corrected chi connectivity index (χ1v) is 4.68. The molecule has 0 aliphatic heterocycles. The van der Waals surface area contributed by atoms with Crippen LogP contribution in [0.4, 0.5) is 4.39 Å². The van der Waals surface area contributed by atoms with E-state index >= 15 is 0 Å². The second-order valence-electron chi connectivity index (χ2n) is 3.42. The minimum atomic E-state index is -0.386. The first-order valence-electron chi connectivity index (χ1n) is 4.68. The number of rotatable bonds is 4. The van der Waals surface area contributed by atoms with E-state index in [4.69, 9.17) is 9.84 Å². The molecule has 0 spiro atoms. The molecule has 78 valence electrons. The number of benzene rings is 1. The van der Waals surface area contributed by atoms with Crippen molar-refractivity contribution in [2.45, 2.75) is 19.8 Å². The van der Waals surface area contributed by atoms with Crippen molar-refractivity contribution < 1.29 is 14.2 Å². The molecule has 0 aromatic heterocycles. The van der Waals surface area contributed by atoms with Gasteiger partial charge in [-0.2, -0.15) is 0 Å². The molecule has 0 radical (unpaired) electrons. The predicted octanol–water partition coefficient (Wildman–Crippen LogP) is 2.32. The number of halogens is 1. The molecule has 1 aromatic rings. The number of aliphatic hydroxyl groups excluding tert-OH is 1. The maximum Gasteiger partial charge on any atom is 0.165 e. The van der Waals surface area contributed by atoms with Gasteiger partial charge in [0.2, 0.25) is 0 Å². The normalized spacial score (nSPS) is 10.6. The zero-order valence-electron chi connectivity index (χ0n) is 8.46. The Morgan fingerprint density at radius 1 is 1.43 bits per heavy atom. The van der Waals surface area contributed by atoms with E-state index in [0.717, 1.165) is 5.56 Å². The lowest BCUT2D eigenvalue weighted by Gasteiger charge is -2.09. The van der Waals surface area contributed by atoms with Gasteiger partial charge in [-0.15, -0.1) is 0 Å². The first-order chi connectivity index (χ1) is 6.65. The molecular weight excluding hydrogens is 183 g/mol. The van der Waals surface area contributed by atoms with Gasteiger partial charge in [-0.1, -0.05) is 19.9 Å². The lowest BCUT2D eigenvalue weighted by atomic mass is 10.0. The molecule has 0 saturated heterocycles. The van der Waals surface area contributed by atoms with Crippen LogP contribution in [0, 0.1) is 5.82 Å². The highest BCUT2D eigenvalue weighted by Gasteiger charge is 2.06. The molecule has 0 bridgehead atoms. The van der Waals surface area contributed by atoms with Gasteiger partial charge in [0.25, 0.3) is 0 Å². The van der Waals surface area contributed by atoms with Crippen molar-refractivity contribution in [3.05, 3.63) is 29.6 Å². The van der Waals surface area contributed by atoms with E-state index in [1.54, 1.807) is 12.1 Å². The van der Waals surface area contributed by atoms with Crippen molar-refractivity contribution in [1.82, 2.24) is 0 Å². The van der Waals surface area contributed by atoms with Crippen molar-refractivity contribution in [2.75, 3.05) is 13.2 Å². The van der Waals surface area contributed by atoms with E-state index in [-0.39, 0.29) is 24.8 Å². The largest absolute Gasteiger partial charge is 0.488 e. The molecule has 0 fully saturated rings. The Morgan fingerprint density at radius 3 is 2.71 bits per heavy atom. The second kappa shape index (κ2) is 4.96. The quantitative estimate of drug-likeness (QED) is 0.804. The summed E-state index contributed by atoms with van der Waals surface area (Å²) in [6.07, 6.45) is 0. The third-order valence-electron chi connectivity index (χ3n) is 1.97. The van der Waals surface area contributed by atoms with Crippen LogP contribution in [-0.4, -0.2) is 18.3 Å². The fourth-order valence-electron chi connectivity index (χ4n) is 1.15. The van der Waals surface area contributed by atoms with Crippen molar-refractivity contribution in [2.24, 2.45) is 0 Å².